The van der Waals surface area contributed by atoms with Crippen molar-refractivity contribution in [3.8, 4) is 5.75 Å². The fraction of sp³-hybridized carbons (Fsp3) is 0.263. The lowest BCUT2D eigenvalue weighted by molar-refractivity contribution is -0.131. The maximum absolute atomic E-state index is 12.2. The van der Waals surface area contributed by atoms with Crippen molar-refractivity contribution in [2.75, 3.05) is 20.3 Å². The average molecular weight is 406 g/mol. The van der Waals surface area contributed by atoms with E-state index in [1.807, 2.05) is 0 Å². The van der Waals surface area contributed by atoms with Crippen LogP contribution in [0.25, 0.3) is 0 Å². The van der Waals surface area contributed by atoms with Gasteiger partial charge in [0.05, 0.1) is 11.5 Å². The van der Waals surface area contributed by atoms with E-state index in [0.29, 0.717) is 11.3 Å². The van der Waals surface area contributed by atoms with Crippen LogP contribution in [0.3, 0.4) is 0 Å². The van der Waals surface area contributed by atoms with Gasteiger partial charge in [-0.15, -0.1) is 0 Å². The lowest BCUT2D eigenvalue weighted by Gasteiger charge is -2.09. The summed E-state index contributed by atoms with van der Waals surface area (Å²) < 4.78 is 36.4. The molecule has 2 N–H and O–H groups in total. The fourth-order valence-corrected chi connectivity index (χ4v) is 3.29. The monoisotopic (exact) mass is 406 g/mol. The topological polar surface area (TPSA) is 111 Å². The molecule has 0 aromatic heterocycles. The minimum Gasteiger partial charge on any atom is -0.427 e. The molecule has 0 saturated heterocycles. The van der Waals surface area contributed by atoms with Crippen LogP contribution in [0, 0.1) is 0 Å². The molecule has 0 aliphatic heterocycles. The van der Waals surface area contributed by atoms with Crippen LogP contribution in [0.1, 0.15) is 22.8 Å². The van der Waals surface area contributed by atoms with Gasteiger partial charge in [-0.25, -0.2) is 13.1 Å². The van der Waals surface area contributed by atoms with E-state index >= 15 is 0 Å². The van der Waals surface area contributed by atoms with Crippen LogP contribution in [0.15, 0.2) is 53.4 Å². The van der Waals surface area contributed by atoms with Gasteiger partial charge < -0.3 is 14.8 Å². The Bertz CT molecular complexity index is 908. The molecule has 1 amide bonds. The maximum Gasteiger partial charge on any atom is 0.308 e. The number of hydrogen-bond acceptors (Lipinski definition) is 6. The summed E-state index contributed by atoms with van der Waals surface area (Å²) in [5.74, 6) is -0.371. The van der Waals surface area contributed by atoms with Crippen LogP contribution in [0.4, 0.5) is 0 Å². The molecule has 2 aromatic rings. The molecule has 0 aliphatic carbocycles. The Morgan fingerprint density at radius 3 is 2.21 bits per heavy atom. The number of sulfonamides is 1. The number of benzene rings is 2. The number of hydrogen-bond donors (Lipinski definition) is 2. The third-order valence-corrected chi connectivity index (χ3v) is 5.14. The highest BCUT2D eigenvalue weighted by molar-refractivity contribution is 7.89. The number of esters is 1. The van der Waals surface area contributed by atoms with Crippen LogP contribution in [0.5, 0.6) is 5.75 Å². The Hall–Kier alpha value is -2.75. The molecule has 0 bridgehead atoms. The lowest BCUT2D eigenvalue weighted by atomic mass is 10.2. The van der Waals surface area contributed by atoms with E-state index in [-0.39, 0.29) is 30.5 Å². The highest BCUT2D eigenvalue weighted by Gasteiger charge is 2.13. The zero-order chi connectivity index (χ0) is 20.6. The number of methoxy groups -OCH3 is 1. The van der Waals surface area contributed by atoms with Gasteiger partial charge in [-0.05, 0) is 42.0 Å². The third-order valence-electron chi connectivity index (χ3n) is 3.66. The molecule has 28 heavy (non-hydrogen) atoms. The van der Waals surface area contributed by atoms with E-state index in [4.69, 9.17) is 9.47 Å². The Kier molecular flexibility index (Phi) is 7.68. The quantitative estimate of drug-likeness (QED) is 0.371. The zero-order valence-corrected chi connectivity index (χ0v) is 16.4. The van der Waals surface area contributed by atoms with E-state index in [9.17, 15) is 18.0 Å². The van der Waals surface area contributed by atoms with E-state index in [1.165, 1.54) is 38.3 Å². The average Bonchev–Trinajstić information content (AvgIpc) is 2.66. The molecule has 2 aromatic carbocycles. The minimum atomic E-state index is -3.59. The molecular formula is C19H22N2O6S. The SMILES string of the molecule is COCCNS(=O)(=O)c1ccc(CNC(=O)c2ccc(OC(C)=O)cc2)cc1. The van der Waals surface area contributed by atoms with E-state index < -0.39 is 16.0 Å². The van der Waals surface area contributed by atoms with Crippen LogP contribution in [-0.4, -0.2) is 40.6 Å². The summed E-state index contributed by atoms with van der Waals surface area (Å²) in [5, 5.41) is 2.75. The summed E-state index contributed by atoms with van der Waals surface area (Å²) in [6.07, 6.45) is 0. The largest absolute Gasteiger partial charge is 0.427 e. The van der Waals surface area contributed by atoms with Crippen molar-refractivity contribution in [3.63, 3.8) is 0 Å². The summed E-state index contributed by atoms with van der Waals surface area (Å²) in [6, 6.07) is 12.4. The number of rotatable bonds is 9. The molecule has 0 unspecified atom stereocenters. The second-order valence-electron chi connectivity index (χ2n) is 5.84. The van der Waals surface area contributed by atoms with Gasteiger partial charge >= 0.3 is 5.97 Å². The molecule has 0 heterocycles. The summed E-state index contributed by atoms with van der Waals surface area (Å²) in [7, 11) is -2.10. The Balaban J connectivity index is 1.92. The molecule has 8 nitrogen and oxygen atoms in total. The summed E-state index contributed by atoms with van der Waals surface area (Å²) >= 11 is 0. The first kappa shape index (κ1) is 21.5. The van der Waals surface area contributed by atoms with Crippen molar-refractivity contribution >= 4 is 21.9 Å². The number of carbonyl (C=O) groups excluding carboxylic acids is 2. The number of nitrogens with one attached hydrogen (secondary N) is 2. The first-order valence-electron chi connectivity index (χ1n) is 8.46. The predicted octanol–water partition coefficient (Wildman–Crippen LogP) is 1.47. The van der Waals surface area contributed by atoms with Gasteiger partial charge in [0.15, 0.2) is 0 Å². The molecule has 0 spiro atoms. The van der Waals surface area contributed by atoms with Gasteiger partial charge in [0.25, 0.3) is 5.91 Å². The molecule has 0 atom stereocenters. The second-order valence-corrected chi connectivity index (χ2v) is 7.60. The van der Waals surface area contributed by atoms with E-state index in [2.05, 4.69) is 10.0 Å². The van der Waals surface area contributed by atoms with Crippen LogP contribution < -0.4 is 14.8 Å². The molecule has 9 heteroatoms. The normalized spacial score (nSPS) is 11.1. The van der Waals surface area contributed by atoms with Gasteiger partial charge in [-0.2, -0.15) is 0 Å². The zero-order valence-electron chi connectivity index (χ0n) is 15.6. The smallest absolute Gasteiger partial charge is 0.308 e. The first-order chi connectivity index (χ1) is 13.3. The fourth-order valence-electron chi connectivity index (χ4n) is 2.27. The van der Waals surface area contributed by atoms with Crippen LogP contribution >= 0.6 is 0 Å². The summed E-state index contributed by atoms with van der Waals surface area (Å²) in [4.78, 5) is 23.2. The van der Waals surface area contributed by atoms with Crippen molar-refractivity contribution in [1.29, 1.82) is 0 Å². The molecule has 0 saturated carbocycles. The van der Waals surface area contributed by atoms with Crippen LogP contribution in [0.2, 0.25) is 0 Å². The van der Waals surface area contributed by atoms with Crippen molar-refractivity contribution in [1.82, 2.24) is 10.0 Å². The molecule has 2 rings (SSSR count). The van der Waals surface area contributed by atoms with Crippen molar-refractivity contribution in [2.24, 2.45) is 0 Å². The van der Waals surface area contributed by atoms with Crippen LogP contribution in [-0.2, 0) is 26.1 Å². The van der Waals surface area contributed by atoms with Gasteiger partial charge in [-0.3, -0.25) is 9.59 Å². The predicted molar refractivity (Wildman–Crippen MR) is 102 cm³/mol. The number of amides is 1. The number of carbonyl (C=O) groups is 2. The first-order valence-corrected chi connectivity index (χ1v) is 9.94. The molecule has 0 radical (unpaired) electrons. The van der Waals surface area contributed by atoms with Crippen molar-refractivity contribution < 1.29 is 27.5 Å². The minimum absolute atomic E-state index is 0.139. The van der Waals surface area contributed by atoms with E-state index in [1.54, 1.807) is 24.3 Å². The van der Waals surface area contributed by atoms with Gasteiger partial charge in [0.1, 0.15) is 5.75 Å². The van der Waals surface area contributed by atoms with Crippen molar-refractivity contribution in [2.45, 2.75) is 18.4 Å². The Morgan fingerprint density at radius 1 is 1.00 bits per heavy atom. The molecular weight excluding hydrogens is 384 g/mol. The van der Waals surface area contributed by atoms with Crippen molar-refractivity contribution in [3.05, 3.63) is 59.7 Å². The second kappa shape index (κ2) is 9.98. The maximum atomic E-state index is 12.2. The highest BCUT2D eigenvalue weighted by Crippen LogP contribution is 2.13. The highest BCUT2D eigenvalue weighted by atomic mass is 32.2. The van der Waals surface area contributed by atoms with E-state index in [0.717, 1.165) is 5.56 Å². The Morgan fingerprint density at radius 2 is 1.64 bits per heavy atom. The van der Waals surface area contributed by atoms with Gasteiger partial charge in [-0.1, -0.05) is 12.1 Å². The summed E-state index contributed by atoms with van der Waals surface area (Å²) in [5.41, 5.74) is 1.16. The van der Waals surface area contributed by atoms with Gasteiger partial charge in [0, 0.05) is 32.7 Å². The third kappa shape index (κ3) is 6.45. The van der Waals surface area contributed by atoms with Gasteiger partial charge in [0.2, 0.25) is 10.0 Å². The lowest BCUT2D eigenvalue weighted by Crippen LogP contribution is -2.27. The molecule has 0 fully saturated rings. The Labute approximate surface area is 163 Å². The number of ether oxygens (including phenoxy) is 2. The summed E-state index contributed by atoms with van der Waals surface area (Å²) in [6.45, 7) is 2.01. The standard InChI is InChI=1S/C19H22N2O6S/c1-14(22)27-17-7-5-16(6-8-17)19(23)20-13-15-3-9-18(10-4-15)28(24,25)21-11-12-26-2/h3-10,21H,11-13H2,1-2H3,(H,20,23). The molecule has 150 valence electrons. The molecule has 0 aliphatic rings.